The van der Waals surface area contributed by atoms with E-state index < -0.39 is 0 Å². The number of aryl methyl sites for hydroxylation is 1. The molecule has 0 aliphatic carbocycles. The zero-order valence-corrected chi connectivity index (χ0v) is 14.0. The molecule has 2 atom stereocenters. The summed E-state index contributed by atoms with van der Waals surface area (Å²) in [5.41, 5.74) is 1.17. The van der Waals surface area contributed by atoms with Gasteiger partial charge in [-0.2, -0.15) is 5.10 Å². The first-order valence-corrected chi connectivity index (χ1v) is 7.97. The summed E-state index contributed by atoms with van der Waals surface area (Å²) in [5, 5.41) is 7.93. The van der Waals surface area contributed by atoms with Crippen molar-refractivity contribution in [3.05, 3.63) is 16.4 Å². The maximum Gasteiger partial charge on any atom is 0.0785 e. The fourth-order valence-corrected chi connectivity index (χ4v) is 2.91. The number of aromatic nitrogens is 2. The van der Waals surface area contributed by atoms with E-state index in [2.05, 4.69) is 47.1 Å². The number of nitrogens with one attached hydrogen (secondary N) is 1. The molecule has 0 amide bonds. The molecular formula is C14H26BrN3O. The van der Waals surface area contributed by atoms with Crippen LogP contribution in [0.2, 0.25) is 0 Å². The highest BCUT2D eigenvalue weighted by atomic mass is 79.9. The molecule has 1 rings (SSSR count). The zero-order valence-electron chi connectivity index (χ0n) is 12.4. The maximum atomic E-state index is 5.95. The molecule has 0 aliphatic heterocycles. The highest BCUT2D eigenvalue weighted by molar-refractivity contribution is 9.10. The van der Waals surface area contributed by atoms with E-state index in [1.54, 1.807) is 0 Å². The van der Waals surface area contributed by atoms with Crippen molar-refractivity contribution in [1.82, 2.24) is 15.1 Å². The molecule has 0 aliphatic rings. The molecular weight excluding hydrogens is 306 g/mol. The van der Waals surface area contributed by atoms with Gasteiger partial charge in [0.1, 0.15) is 0 Å². The van der Waals surface area contributed by atoms with Gasteiger partial charge in [-0.15, -0.1) is 0 Å². The third-order valence-corrected chi connectivity index (χ3v) is 3.78. The lowest BCUT2D eigenvalue weighted by Crippen LogP contribution is -2.36. The van der Waals surface area contributed by atoms with Gasteiger partial charge in [-0.1, -0.05) is 20.3 Å². The van der Waals surface area contributed by atoms with Crippen molar-refractivity contribution < 1.29 is 4.74 Å². The minimum atomic E-state index is 0.182. The maximum absolute atomic E-state index is 5.95. The molecule has 1 N–H and O–H groups in total. The number of rotatable bonds is 9. The fraction of sp³-hybridized carbons (Fsp3) is 0.786. The predicted octanol–water partition coefficient (Wildman–Crippen LogP) is 3.43. The first kappa shape index (κ1) is 16.7. The normalized spacial score (nSPS) is 14.6. The van der Waals surface area contributed by atoms with Gasteiger partial charge in [0.25, 0.3) is 0 Å². The second kappa shape index (κ2) is 8.72. The van der Waals surface area contributed by atoms with Crippen LogP contribution in [0.4, 0.5) is 0 Å². The average Bonchev–Trinajstić information content (AvgIpc) is 2.71. The Bertz CT molecular complexity index is 342. The quantitative estimate of drug-likeness (QED) is 0.753. The van der Waals surface area contributed by atoms with Crippen LogP contribution in [-0.4, -0.2) is 29.0 Å². The number of nitrogens with zero attached hydrogens (tertiary/aromatic N) is 2. The largest absolute Gasteiger partial charge is 0.376 e. The molecule has 1 aromatic heterocycles. The second-order valence-corrected chi connectivity index (χ2v) is 5.57. The number of hydrogen-bond donors (Lipinski definition) is 1. The van der Waals surface area contributed by atoms with E-state index in [0.29, 0.717) is 0 Å². The molecule has 0 saturated carbocycles. The van der Waals surface area contributed by atoms with Crippen LogP contribution >= 0.6 is 15.9 Å². The Morgan fingerprint density at radius 3 is 2.58 bits per heavy atom. The van der Waals surface area contributed by atoms with Gasteiger partial charge in [-0.25, -0.2) is 0 Å². The highest BCUT2D eigenvalue weighted by Crippen LogP contribution is 2.28. The summed E-state index contributed by atoms with van der Waals surface area (Å²) < 4.78 is 8.93. The first-order chi connectivity index (χ1) is 9.15. The van der Waals surface area contributed by atoms with Crippen LogP contribution in [0.3, 0.4) is 0 Å². The van der Waals surface area contributed by atoms with Crippen LogP contribution in [0.15, 0.2) is 10.7 Å². The van der Waals surface area contributed by atoms with Crippen molar-refractivity contribution in [3.8, 4) is 0 Å². The van der Waals surface area contributed by atoms with Gasteiger partial charge in [-0.3, -0.25) is 4.68 Å². The van der Waals surface area contributed by atoms with Crippen LogP contribution in [0.5, 0.6) is 0 Å². The van der Waals surface area contributed by atoms with Gasteiger partial charge in [0.05, 0.1) is 28.5 Å². The Morgan fingerprint density at radius 2 is 2.11 bits per heavy atom. The van der Waals surface area contributed by atoms with E-state index >= 15 is 0 Å². The molecule has 0 fully saturated rings. The Morgan fingerprint density at radius 1 is 1.37 bits per heavy atom. The summed E-state index contributed by atoms with van der Waals surface area (Å²) in [6.07, 6.45) is 5.31. The molecule has 110 valence electrons. The number of ether oxygens (including phenoxy) is 1. The van der Waals surface area contributed by atoms with Gasteiger partial charge in [0.2, 0.25) is 0 Å². The van der Waals surface area contributed by atoms with Gasteiger partial charge in [0.15, 0.2) is 0 Å². The van der Waals surface area contributed by atoms with Crippen LogP contribution in [0, 0.1) is 0 Å². The average molecular weight is 332 g/mol. The molecule has 0 saturated heterocycles. The van der Waals surface area contributed by atoms with E-state index in [0.717, 1.165) is 36.9 Å². The van der Waals surface area contributed by atoms with Crippen LogP contribution < -0.4 is 5.32 Å². The van der Waals surface area contributed by atoms with E-state index in [9.17, 15) is 0 Å². The van der Waals surface area contributed by atoms with Crippen molar-refractivity contribution in [3.63, 3.8) is 0 Å². The summed E-state index contributed by atoms with van der Waals surface area (Å²) in [5.74, 6) is 0. The topological polar surface area (TPSA) is 39.1 Å². The Kier molecular flexibility index (Phi) is 7.64. The molecule has 5 heteroatoms. The monoisotopic (exact) mass is 331 g/mol. The summed E-state index contributed by atoms with van der Waals surface area (Å²) >= 11 is 3.60. The molecule has 1 aromatic rings. The van der Waals surface area contributed by atoms with Gasteiger partial charge < -0.3 is 10.1 Å². The number of halogens is 1. The van der Waals surface area contributed by atoms with Crippen LogP contribution in [0.1, 0.15) is 51.8 Å². The summed E-state index contributed by atoms with van der Waals surface area (Å²) in [4.78, 5) is 0. The van der Waals surface area contributed by atoms with E-state index in [1.165, 1.54) is 5.69 Å². The highest BCUT2D eigenvalue weighted by Gasteiger charge is 2.27. The lowest BCUT2D eigenvalue weighted by atomic mass is 10.0. The molecule has 0 aromatic carbocycles. The molecule has 19 heavy (non-hydrogen) atoms. The lowest BCUT2D eigenvalue weighted by molar-refractivity contribution is 0.0254. The fourth-order valence-electron chi connectivity index (χ4n) is 2.32. The Hall–Kier alpha value is -0.390. The Labute approximate surface area is 125 Å². The first-order valence-electron chi connectivity index (χ1n) is 7.17. The summed E-state index contributed by atoms with van der Waals surface area (Å²) in [6.45, 7) is 8.15. The van der Waals surface area contributed by atoms with Gasteiger partial charge in [-0.05, 0) is 42.2 Å². The third kappa shape index (κ3) is 4.58. The SMILES string of the molecule is CCCNC(c1c(Br)cnn1C)C(CCC)OCC. The van der Waals surface area contributed by atoms with Crippen molar-refractivity contribution in [2.24, 2.45) is 7.05 Å². The van der Waals surface area contributed by atoms with Gasteiger partial charge >= 0.3 is 0 Å². The molecule has 0 spiro atoms. The molecule has 0 bridgehead atoms. The zero-order chi connectivity index (χ0) is 14.3. The Balaban J connectivity index is 2.97. The van der Waals surface area contributed by atoms with Crippen LogP contribution in [0.25, 0.3) is 0 Å². The standard InChI is InChI=1S/C14H26BrN3O/c1-5-8-12(19-7-3)13(16-9-6-2)14-11(15)10-17-18(14)4/h10,12-13,16H,5-9H2,1-4H3. The summed E-state index contributed by atoms with van der Waals surface area (Å²) in [7, 11) is 1.98. The predicted molar refractivity (Wildman–Crippen MR) is 82.3 cm³/mol. The van der Waals surface area contributed by atoms with E-state index in [-0.39, 0.29) is 12.1 Å². The summed E-state index contributed by atoms with van der Waals surface area (Å²) in [6, 6.07) is 0.182. The molecule has 2 unspecified atom stereocenters. The molecule has 0 radical (unpaired) electrons. The van der Waals surface area contributed by atoms with Crippen molar-refractivity contribution >= 4 is 15.9 Å². The minimum Gasteiger partial charge on any atom is -0.376 e. The molecule has 4 nitrogen and oxygen atoms in total. The van der Waals surface area contributed by atoms with Gasteiger partial charge in [0, 0.05) is 13.7 Å². The minimum absolute atomic E-state index is 0.182. The van der Waals surface area contributed by atoms with E-state index in [1.807, 2.05) is 17.9 Å². The second-order valence-electron chi connectivity index (χ2n) is 4.72. The molecule has 1 heterocycles. The van der Waals surface area contributed by atoms with Crippen molar-refractivity contribution in [2.45, 2.75) is 52.2 Å². The number of hydrogen-bond acceptors (Lipinski definition) is 3. The lowest BCUT2D eigenvalue weighted by Gasteiger charge is -2.28. The van der Waals surface area contributed by atoms with E-state index in [4.69, 9.17) is 4.74 Å². The van der Waals surface area contributed by atoms with Crippen LogP contribution in [-0.2, 0) is 11.8 Å². The third-order valence-electron chi connectivity index (χ3n) is 3.17. The van der Waals surface area contributed by atoms with Crippen molar-refractivity contribution in [1.29, 1.82) is 0 Å². The van der Waals surface area contributed by atoms with Crippen molar-refractivity contribution in [2.75, 3.05) is 13.2 Å². The smallest absolute Gasteiger partial charge is 0.0785 e.